The molecule has 6 rings (SSSR count). The number of likely N-dealkylation sites (N-methyl/N-ethyl adjacent to an activating group) is 1. The van der Waals surface area contributed by atoms with Crippen molar-refractivity contribution in [2.24, 2.45) is 4.99 Å². The number of aliphatic imine (C=N–C) groups is 1. The largest absolute Gasteiger partial charge is 0.342 e. The van der Waals surface area contributed by atoms with Crippen LogP contribution >= 0.6 is 0 Å². The minimum atomic E-state index is -0.902. The molecule has 2 fully saturated rings. The average Bonchev–Trinajstić information content (AvgIpc) is 3.49. The van der Waals surface area contributed by atoms with Gasteiger partial charge in [-0.25, -0.2) is 4.79 Å². The van der Waals surface area contributed by atoms with E-state index in [1.165, 1.54) is 30.1 Å². The summed E-state index contributed by atoms with van der Waals surface area (Å²) in [6.45, 7) is 1.41. The fourth-order valence-corrected chi connectivity index (χ4v) is 5.75. The highest BCUT2D eigenvalue weighted by Gasteiger charge is 2.37. The van der Waals surface area contributed by atoms with Gasteiger partial charge in [0.05, 0.1) is 16.3 Å². The van der Waals surface area contributed by atoms with Crippen LogP contribution in [0.25, 0.3) is 6.08 Å². The number of hydrogen-bond acceptors (Lipinski definition) is 7. The molecule has 0 aliphatic carbocycles. The zero-order chi connectivity index (χ0) is 31.7. The van der Waals surface area contributed by atoms with Crippen molar-refractivity contribution in [1.29, 1.82) is 0 Å². The summed E-state index contributed by atoms with van der Waals surface area (Å²) in [6, 6.07) is 18.4. The molecule has 1 atom stereocenters. The van der Waals surface area contributed by atoms with Crippen LogP contribution in [0.3, 0.4) is 0 Å². The number of hydrogen-bond donors (Lipinski definition) is 2. The van der Waals surface area contributed by atoms with Gasteiger partial charge in [-0.05, 0) is 60.2 Å². The smallest absolute Gasteiger partial charge is 0.328 e. The first-order chi connectivity index (χ1) is 21.7. The number of benzene rings is 3. The third-order valence-corrected chi connectivity index (χ3v) is 8.26. The molecule has 2 N–H and O–H groups in total. The SMILES string of the molecule is CN1C(=O)NC(=O)C1=Cc1ccc(N=C(c2ccc(CCN3CCCCC3=O)cc2)C2C(=O)Nc3ccc([N+](=O)[O-])cc32)cc1. The first kappa shape index (κ1) is 29.4. The Bertz CT molecular complexity index is 1780. The molecule has 3 heterocycles. The lowest BCUT2D eigenvalue weighted by Crippen LogP contribution is -2.36. The molecule has 228 valence electrons. The average molecular weight is 607 g/mol. The van der Waals surface area contributed by atoms with Crippen LogP contribution in [0.5, 0.6) is 0 Å². The van der Waals surface area contributed by atoms with E-state index in [-0.39, 0.29) is 23.2 Å². The maximum atomic E-state index is 13.4. The van der Waals surface area contributed by atoms with Crippen LogP contribution in [0.4, 0.5) is 21.9 Å². The molecule has 5 amide bonds. The van der Waals surface area contributed by atoms with E-state index in [0.29, 0.717) is 53.2 Å². The summed E-state index contributed by atoms with van der Waals surface area (Å²) < 4.78 is 0. The Labute approximate surface area is 258 Å². The predicted molar refractivity (Wildman–Crippen MR) is 167 cm³/mol. The second-order valence-electron chi connectivity index (χ2n) is 11.2. The molecule has 2 saturated heterocycles. The van der Waals surface area contributed by atoms with Crippen molar-refractivity contribution in [3.63, 3.8) is 0 Å². The summed E-state index contributed by atoms with van der Waals surface area (Å²) in [4.78, 5) is 68.5. The molecule has 3 aromatic carbocycles. The molecule has 3 aromatic rings. The Morgan fingerprint density at radius 1 is 1.00 bits per heavy atom. The second kappa shape index (κ2) is 12.2. The summed E-state index contributed by atoms with van der Waals surface area (Å²) in [5, 5.41) is 16.6. The lowest BCUT2D eigenvalue weighted by atomic mass is 9.90. The Balaban J connectivity index is 1.33. The predicted octanol–water partition coefficient (Wildman–Crippen LogP) is 4.53. The first-order valence-electron chi connectivity index (χ1n) is 14.6. The van der Waals surface area contributed by atoms with E-state index < -0.39 is 22.8 Å². The third-order valence-electron chi connectivity index (χ3n) is 8.26. The summed E-state index contributed by atoms with van der Waals surface area (Å²) in [6.07, 6.45) is 4.81. The lowest BCUT2D eigenvalue weighted by molar-refractivity contribution is -0.384. The van der Waals surface area contributed by atoms with E-state index in [9.17, 15) is 29.3 Å². The number of rotatable bonds is 8. The zero-order valence-corrected chi connectivity index (χ0v) is 24.5. The van der Waals surface area contributed by atoms with Crippen LogP contribution in [-0.2, 0) is 20.8 Å². The first-order valence-corrected chi connectivity index (χ1v) is 14.6. The van der Waals surface area contributed by atoms with Crippen molar-refractivity contribution in [2.75, 3.05) is 25.5 Å². The van der Waals surface area contributed by atoms with Gasteiger partial charge in [0.25, 0.3) is 11.6 Å². The van der Waals surface area contributed by atoms with E-state index >= 15 is 0 Å². The number of amides is 5. The molecule has 12 nitrogen and oxygen atoms in total. The highest BCUT2D eigenvalue weighted by atomic mass is 16.6. The van der Waals surface area contributed by atoms with E-state index in [2.05, 4.69) is 10.6 Å². The molecule has 3 aliphatic rings. The number of fused-ring (bicyclic) bond motifs is 1. The van der Waals surface area contributed by atoms with Crippen LogP contribution < -0.4 is 10.6 Å². The number of nitrogens with zero attached hydrogens (tertiary/aromatic N) is 4. The topological polar surface area (TPSA) is 154 Å². The van der Waals surface area contributed by atoms with Crippen LogP contribution in [0.2, 0.25) is 0 Å². The van der Waals surface area contributed by atoms with Crippen LogP contribution in [0.1, 0.15) is 47.4 Å². The number of piperidine rings is 1. The van der Waals surface area contributed by atoms with E-state index in [4.69, 9.17) is 4.99 Å². The van der Waals surface area contributed by atoms with Gasteiger partial charge in [-0.15, -0.1) is 0 Å². The molecule has 45 heavy (non-hydrogen) atoms. The van der Waals surface area contributed by atoms with Gasteiger partial charge in [-0.3, -0.25) is 39.7 Å². The number of urea groups is 1. The van der Waals surface area contributed by atoms with Gasteiger partial charge in [0, 0.05) is 49.9 Å². The molecule has 0 spiro atoms. The van der Waals surface area contributed by atoms with Gasteiger partial charge < -0.3 is 10.2 Å². The van der Waals surface area contributed by atoms with Crippen LogP contribution in [0.15, 0.2) is 77.4 Å². The maximum absolute atomic E-state index is 13.4. The van der Waals surface area contributed by atoms with Gasteiger partial charge in [0.2, 0.25) is 11.8 Å². The number of likely N-dealkylation sites (tertiary alicyclic amines) is 1. The number of nitrogens with one attached hydrogen (secondary N) is 2. The van der Waals surface area contributed by atoms with Gasteiger partial charge in [0.1, 0.15) is 11.6 Å². The van der Waals surface area contributed by atoms with Crippen molar-refractivity contribution < 1.29 is 24.1 Å². The number of anilines is 1. The summed E-state index contributed by atoms with van der Waals surface area (Å²) in [7, 11) is 1.50. The zero-order valence-electron chi connectivity index (χ0n) is 24.5. The van der Waals surface area contributed by atoms with Gasteiger partial charge >= 0.3 is 6.03 Å². The Hall–Kier alpha value is -5.65. The summed E-state index contributed by atoms with van der Waals surface area (Å²) in [5.74, 6) is -1.56. The fraction of sp³-hybridized carbons (Fsp3) is 0.242. The van der Waals surface area contributed by atoms with Crippen LogP contribution in [0, 0.1) is 10.1 Å². The number of carbonyl (C=O) groups excluding carboxylic acids is 4. The molecule has 0 radical (unpaired) electrons. The number of non-ortho nitro benzene ring substituents is 1. The number of nitro benzene ring substituents is 1. The standard InChI is InChI=1S/C33H30N6O6/c1-37-27(31(41)36-33(37)43)18-21-7-11-23(12-8-21)34-30(29-25-19-24(39(44)45)13-14-26(25)35-32(29)42)22-9-5-20(6-10-22)15-17-38-16-3-2-4-28(38)40/h5-14,18-19,29H,2-4,15-17H2,1H3,(H,35,42)(H,36,41,43). The molecule has 1 unspecified atom stereocenters. The molecular weight excluding hydrogens is 576 g/mol. The Morgan fingerprint density at radius 3 is 2.42 bits per heavy atom. The Kier molecular flexibility index (Phi) is 7.95. The minimum absolute atomic E-state index is 0.131. The monoisotopic (exact) mass is 606 g/mol. The highest BCUT2D eigenvalue weighted by Crippen LogP contribution is 2.38. The number of imide groups is 1. The molecule has 0 bridgehead atoms. The lowest BCUT2D eigenvalue weighted by Gasteiger charge is -2.26. The summed E-state index contributed by atoms with van der Waals surface area (Å²) >= 11 is 0. The maximum Gasteiger partial charge on any atom is 0.328 e. The third kappa shape index (κ3) is 6.07. The van der Waals surface area contributed by atoms with Crippen molar-refractivity contribution in [2.45, 2.75) is 31.6 Å². The van der Waals surface area contributed by atoms with E-state index in [0.717, 1.165) is 24.9 Å². The van der Waals surface area contributed by atoms with Crippen molar-refractivity contribution in [3.8, 4) is 0 Å². The molecular formula is C33H30N6O6. The number of carbonyl (C=O) groups is 4. The second-order valence-corrected chi connectivity index (χ2v) is 11.2. The summed E-state index contributed by atoms with van der Waals surface area (Å²) in [5.41, 5.74) is 4.32. The molecule has 12 heteroatoms. The quantitative estimate of drug-likeness (QED) is 0.126. The molecule has 0 aromatic heterocycles. The number of nitro groups is 1. The van der Waals surface area contributed by atoms with Crippen LogP contribution in [-0.4, -0.2) is 64.3 Å². The molecule has 3 aliphatic heterocycles. The van der Waals surface area contributed by atoms with Gasteiger partial charge in [0.15, 0.2) is 0 Å². The highest BCUT2D eigenvalue weighted by molar-refractivity contribution is 6.24. The Morgan fingerprint density at radius 2 is 1.76 bits per heavy atom. The molecule has 0 saturated carbocycles. The fourth-order valence-electron chi connectivity index (χ4n) is 5.75. The van der Waals surface area contributed by atoms with Crippen molar-refractivity contribution in [3.05, 3.63) is 105 Å². The van der Waals surface area contributed by atoms with Gasteiger partial charge in [-0.1, -0.05) is 36.4 Å². The minimum Gasteiger partial charge on any atom is -0.342 e. The van der Waals surface area contributed by atoms with E-state index in [1.54, 1.807) is 30.3 Å². The van der Waals surface area contributed by atoms with Gasteiger partial charge in [-0.2, -0.15) is 0 Å². The van der Waals surface area contributed by atoms with Crippen molar-refractivity contribution in [1.82, 2.24) is 15.1 Å². The van der Waals surface area contributed by atoms with Crippen molar-refractivity contribution >= 4 is 52.6 Å². The normalized spacial score (nSPS) is 19.2. The van der Waals surface area contributed by atoms with E-state index in [1.807, 2.05) is 29.2 Å².